The van der Waals surface area contributed by atoms with Gasteiger partial charge in [0, 0.05) is 12.0 Å². The smallest absolute Gasteiger partial charge is 0.407 e. The Bertz CT molecular complexity index is 417. The van der Waals surface area contributed by atoms with E-state index in [1.54, 1.807) is 0 Å². The molecular formula is C15H22ClNO3. The summed E-state index contributed by atoms with van der Waals surface area (Å²) in [6.45, 7) is 5.58. The Morgan fingerprint density at radius 3 is 2.45 bits per heavy atom. The normalized spacial score (nSPS) is 14.4. The van der Waals surface area contributed by atoms with E-state index in [0.717, 1.165) is 5.56 Å². The second-order valence-electron chi connectivity index (χ2n) is 5.73. The van der Waals surface area contributed by atoms with E-state index in [0.29, 0.717) is 6.42 Å². The Morgan fingerprint density at radius 2 is 1.95 bits per heavy atom. The summed E-state index contributed by atoms with van der Waals surface area (Å²) in [4.78, 5) is 11.8. The summed E-state index contributed by atoms with van der Waals surface area (Å²) in [5, 5.41) is 12.6. The zero-order valence-electron chi connectivity index (χ0n) is 12.1. The number of aliphatic hydroxyl groups excluding tert-OH is 1. The Labute approximate surface area is 125 Å². The van der Waals surface area contributed by atoms with E-state index in [-0.39, 0.29) is 11.4 Å². The first-order valence-electron chi connectivity index (χ1n) is 6.58. The number of rotatable bonds is 5. The molecule has 0 fully saturated rings. The zero-order valence-corrected chi connectivity index (χ0v) is 12.9. The van der Waals surface area contributed by atoms with Crippen LogP contribution < -0.4 is 5.32 Å². The lowest BCUT2D eigenvalue weighted by atomic mass is 10.0. The molecule has 0 saturated carbocycles. The van der Waals surface area contributed by atoms with Crippen LogP contribution in [0.4, 0.5) is 4.79 Å². The third kappa shape index (κ3) is 6.26. The van der Waals surface area contributed by atoms with Crippen molar-refractivity contribution in [3.63, 3.8) is 0 Å². The van der Waals surface area contributed by atoms with Crippen LogP contribution in [0, 0.1) is 0 Å². The van der Waals surface area contributed by atoms with Gasteiger partial charge in [0.2, 0.25) is 0 Å². The highest BCUT2D eigenvalue weighted by molar-refractivity contribution is 6.18. The van der Waals surface area contributed by atoms with E-state index in [9.17, 15) is 9.90 Å². The second kappa shape index (κ2) is 7.50. The maximum atomic E-state index is 11.8. The van der Waals surface area contributed by atoms with Gasteiger partial charge in [-0.15, -0.1) is 11.6 Å². The second-order valence-corrected chi connectivity index (χ2v) is 6.04. The highest BCUT2D eigenvalue weighted by Crippen LogP contribution is 2.12. The van der Waals surface area contributed by atoms with E-state index in [2.05, 4.69) is 5.32 Å². The minimum Gasteiger partial charge on any atom is -0.443 e. The molecule has 0 aliphatic carbocycles. The molecule has 0 bridgehead atoms. The van der Waals surface area contributed by atoms with E-state index >= 15 is 0 Å². The van der Waals surface area contributed by atoms with Gasteiger partial charge in [0.25, 0.3) is 0 Å². The van der Waals surface area contributed by atoms with Gasteiger partial charge in [0.15, 0.2) is 0 Å². The minimum absolute atomic E-state index is 0.0142. The SMILES string of the molecule is CC(C)(C)NC(=O)O[C@@H](Cc1ccccc1)C(O)CCl. The van der Waals surface area contributed by atoms with Crippen LogP contribution in [0.25, 0.3) is 0 Å². The molecule has 0 spiro atoms. The number of alkyl carbamates (subject to hydrolysis) is 1. The van der Waals surface area contributed by atoms with Gasteiger partial charge in [-0.05, 0) is 26.3 Å². The van der Waals surface area contributed by atoms with Crippen LogP contribution in [-0.2, 0) is 11.2 Å². The van der Waals surface area contributed by atoms with Crippen LogP contribution in [0.3, 0.4) is 0 Å². The van der Waals surface area contributed by atoms with Gasteiger partial charge in [-0.3, -0.25) is 0 Å². The van der Waals surface area contributed by atoms with Crippen molar-refractivity contribution in [3.8, 4) is 0 Å². The fourth-order valence-corrected chi connectivity index (χ4v) is 1.87. The molecule has 5 heteroatoms. The van der Waals surface area contributed by atoms with Crippen molar-refractivity contribution in [2.75, 3.05) is 5.88 Å². The molecule has 1 rings (SSSR count). The van der Waals surface area contributed by atoms with Crippen LogP contribution in [0.15, 0.2) is 30.3 Å². The first-order valence-corrected chi connectivity index (χ1v) is 7.12. The lowest BCUT2D eigenvalue weighted by Crippen LogP contribution is -2.45. The standard InChI is InChI=1S/C15H22ClNO3/c1-15(2,3)17-14(19)20-13(12(18)10-16)9-11-7-5-4-6-8-11/h4-8,12-13,18H,9-10H2,1-3H3,(H,17,19)/t12?,13-/m0/s1. The maximum Gasteiger partial charge on any atom is 0.407 e. The zero-order chi connectivity index (χ0) is 15.2. The van der Waals surface area contributed by atoms with E-state index in [1.807, 2.05) is 51.1 Å². The quantitative estimate of drug-likeness (QED) is 0.822. The lowest BCUT2D eigenvalue weighted by Gasteiger charge is -2.25. The largest absolute Gasteiger partial charge is 0.443 e. The van der Waals surface area contributed by atoms with E-state index < -0.39 is 18.3 Å². The molecule has 0 radical (unpaired) electrons. The van der Waals surface area contributed by atoms with Crippen LogP contribution >= 0.6 is 11.6 Å². The first kappa shape index (κ1) is 16.8. The highest BCUT2D eigenvalue weighted by Gasteiger charge is 2.25. The van der Waals surface area contributed by atoms with Crippen molar-refractivity contribution in [1.82, 2.24) is 5.32 Å². The summed E-state index contributed by atoms with van der Waals surface area (Å²) in [6, 6.07) is 9.53. The number of carbonyl (C=O) groups is 1. The molecule has 2 atom stereocenters. The van der Waals surface area contributed by atoms with Gasteiger partial charge in [0.05, 0.1) is 5.88 Å². The first-order chi connectivity index (χ1) is 9.31. The van der Waals surface area contributed by atoms with E-state index in [1.165, 1.54) is 0 Å². The van der Waals surface area contributed by atoms with Crippen LogP contribution in [-0.4, -0.2) is 34.8 Å². The number of hydrogen-bond donors (Lipinski definition) is 2. The van der Waals surface area contributed by atoms with Gasteiger partial charge in [-0.1, -0.05) is 30.3 Å². The third-order valence-electron chi connectivity index (χ3n) is 2.60. The lowest BCUT2D eigenvalue weighted by molar-refractivity contribution is 0.0115. The number of benzene rings is 1. The number of alkyl halides is 1. The van der Waals surface area contributed by atoms with E-state index in [4.69, 9.17) is 16.3 Å². The van der Waals surface area contributed by atoms with Crippen molar-refractivity contribution < 1.29 is 14.6 Å². The number of ether oxygens (including phenoxy) is 1. The minimum atomic E-state index is -0.900. The van der Waals surface area contributed by atoms with Crippen molar-refractivity contribution in [2.45, 2.75) is 44.9 Å². The fourth-order valence-electron chi connectivity index (χ4n) is 1.68. The predicted molar refractivity (Wildman–Crippen MR) is 80.0 cm³/mol. The molecule has 1 aromatic carbocycles. The molecule has 0 aromatic heterocycles. The molecule has 1 aromatic rings. The molecule has 0 aliphatic rings. The predicted octanol–water partition coefficient (Wildman–Crippen LogP) is 2.72. The fraction of sp³-hybridized carbons (Fsp3) is 0.533. The molecule has 1 amide bonds. The summed E-state index contributed by atoms with van der Waals surface area (Å²) < 4.78 is 5.30. The van der Waals surface area contributed by atoms with Crippen LogP contribution in [0.2, 0.25) is 0 Å². The average molecular weight is 300 g/mol. The molecule has 1 unspecified atom stereocenters. The molecule has 20 heavy (non-hydrogen) atoms. The molecular weight excluding hydrogens is 278 g/mol. The molecule has 2 N–H and O–H groups in total. The molecule has 4 nitrogen and oxygen atoms in total. The van der Waals surface area contributed by atoms with Gasteiger partial charge >= 0.3 is 6.09 Å². The molecule has 0 aliphatic heterocycles. The Balaban J connectivity index is 2.68. The molecule has 112 valence electrons. The Kier molecular flexibility index (Phi) is 6.30. The van der Waals surface area contributed by atoms with Crippen molar-refractivity contribution in [3.05, 3.63) is 35.9 Å². The number of hydrogen-bond acceptors (Lipinski definition) is 3. The monoisotopic (exact) mass is 299 g/mol. The Hall–Kier alpha value is -1.26. The molecule has 0 heterocycles. The Morgan fingerprint density at radius 1 is 1.35 bits per heavy atom. The number of carbonyl (C=O) groups excluding carboxylic acids is 1. The highest BCUT2D eigenvalue weighted by atomic mass is 35.5. The topological polar surface area (TPSA) is 58.6 Å². The van der Waals surface area contributed by atoms with Gasteiger partial charge in [0.1, 0.15) is 12.2 Å². The average Bonchev–Trinajstić information content (AvgIpc) is 2.36. The van der Waals surface area contributed by atoms with Crippen LogP contribution in [0.5, 0.6) is 0 Å². The van der Waals surface area contributed by atoms with Crippen LogP contribution in [0.1, 0.15) is 26.3 Å². The molecule has 0 saturated heterocycles. The van der Waals surface area contributed by atoms with Gasteiger partial charge in [-0.2, -0.15) is 0 Å². The summed E-state index contributed by atoms with van der Waals surface area (Å²) in [6.07, 6.45) is -1.70. The number of halogens is 1. The number of aliphatic hydroxyl groups is 1. The number of nitrogens with one attached hydrogen (secondary N) is 1. The van der Waals surface area contributed by atoms with Gasteiger partial charge < -0.3 is 15.2 Å². The van der Waals surface area contributed by atoms with Gasteiger partial charge in [-0.25, -0.2) is 4.79 Å². The maximum absolute atomic E-state index is 11.8. The van der Waals surface area contributed by atoms with Crippen molar-refractivity contribution in [2.24, 2.45) is 0 Å². The number of amides is 1. The van der Waals surface area contributed by atoms with Crippen molar-refractivity contribution in [1.29, 1.82) is 0 Å². The summed E-state index contributed by atoms with van der Waals surface area (Å²) in [5.74, 6) is 0.0142. The van der Waals surface area contributed by atoms with Crippen molar-refractivity contribution >= 4 is 17.7 Å². The summed E-state index contributed by atoms with van der Waals surface area (Å²) in [5.41, 5.74) is 0.588. The third-order valence-corrected chi connectivity index (χ3v) is 2.92. The summed E-state index contributed by atoms with van der Waals surface area (Å²) >= 11 is 5.67. The summed E-state index contributed by atoms with van der Waals surface area (Å²) in [7, 11) is 0.